The Hall–Kier alpha value is -3.24. The van der Waals surface area contributed by atoms with Crippen molar-refractivity contribution >= 4 is 47.4 Å². The Labute approximate surface area is 182 Å². The van der Waals surface area contributed by atoms with Crippen LogP contribution in [0.4, 0.5) is 11.5 Å². The van der Waals surface area contributed by atoms with Crippen LogP contribution in [0.1, 0.15) is 23.6 Å². The third kappa shape index (κ3) is 4.44. The molecule has 0 saturated heterocycles. The summed E-state index contributed by atoms with van der Waals surface area (Å²) in [6, 6.07) is 14.0. The van der Waals surface area contributed by atoms with Gasteiger partial charge < -0.3 is 9.88 Å². The van der Waals surface area contributed by atoms with Crippen LogP contribution in [0.2, 0.25) is 0 Å². The lowest BCUT2D eigenvalue weighted by molar-refractivity contribution is 0.588. The number of fused-ring (bicyclic) bond motifs is 1. The van der Waals surface area contributed by atoms with Gasteiger partial charge in [-0.2, -0.15) is 0 Å². The Morgan fingerprint density at radius 1 is 1.06 bits per heavy atom. The van der Waals surface area contributed by atoms with Gasteiger partial charge in [0.15, 0.2) is 17.0 Å². The highest BCUT2D eigenvalue weighted by Crippen LogP contribution is 2.35. The molecule has 0 bridgehead atoms. The number of aryl methyl sites for hydroxylation is 2. The lowest BCUT2D eigenvalue weighted by atomic mass is 10.0. The van der Waals surface area contributed by atoms with Crippen LogP contribution in [0.25, 0.3) is 23.4 Å². The van der Waals surface area contributed by atoms with Crippen molar-refractivity contribution < 1.29 is 4.57 Å². The van der Waals surface area contributed by atoms with Gasteiger partial charge in [0.1, 0.15) is 19.8 Å². The van der Waals surface area contributed by atoms with E-state index in [2.05, 4.69) is 58.4 Å². The molecule has 0 aliphatic carbocycles. The van der Waals surface area contributed by atoms with Crippen molar-refractivity contribution in [1.29, 1.82) is 0 Å². The van der Waals surface area contributed by atoms with Crippen molar-refractivity contribution in [3.05, 3.63) is 71.8 Å². The van der Waals surface area contributed by atoms with Gasteiger partial charge in [0.2, 0.25) is 0 Å². The lowest BCUT2D eigenvalue weighted by Gasteiger charge is -2.09. The minimum Gasteiger partial charge on any atom is -0.338 e. The van der Waals surface area contributed by atoms with Crippen LogP contribution < -0.4 is 10.6 Å². The first-order valence-corrected chi connectivity index (χ1v) is 12.8. The molecular formula is C24H26N5OP. The van der Waals surface area contributed by atoms with Gasteiger partial charge in [0, 0.05) is 17.2 Å². The number of rotatable bonds is 6. The standard InChI is InChI=1S/C24H26N5OP/c1-5-18-8-6-7-17(2)21(18)13-14-29-16-27-22-23(25-15-26-24(22)29)28-19-9-11-20(12-10-19)31(3,4)30/h6-16H,5H2,1-4H3,(H,25,26,28). The molecule has 1 N–H and O–H groups in total. The average Bonchev–Trinajstić information content (AvgIpc) is 3.16. The first-order chi connectivity index (χ1) is 14.9. The van der Waals surface area contributed by atoms with E-state index in [1.807, 2.05) is 35.0 Å². The second-order valence-electron chi connectivity index (χ2n) is 7.89. The minimum atomic E-state index is -2.28. The van der Waals surface area contributed by atoms with E-state index in [0.717, 1.165) is 23.1 Å². The van der Waals surface area contributed by atoms with Crippen LogP contribution in [0.15, 0.2) is 55.1 Å². The molecule has 6 nitrogen and oxygen atoms in total. The van der Waals surface area contributed by atoms with E-state index in [4.69, 9.17) is 0 Å². The molecule has 0 saturated carbocycles. The molecule has 0 radical (unpaired) electrons. The number of hydrogen-bond acceptors (Lipinski definition) is 5. The number of hydrogen-bond donors (Lipinski definition) is 1. The minimum absolute atomic E-state index is 0.631. The molecule has 158 valence electrons. The molecule has 2 aromatic heterocycles. The Morgan fingerprint density at radius 2 is 1.84 bits per heavy atom. The van der Waals surface area contributed by atoms with E-state index in [9.17, 15) is 4.57 Å². The summed E-state index contributed by atoms with van der Waals surface area (Å²) in [4.78, 5) is 13.3. The first kappa shape index (κ1) is 21.0. The second-order valence-corrected chi connectivity index (χ2v) is 11.1. The fourth-order valence-corrected chi connectivity index (χ4v) is 4.40. The van der Waals surface area contributed by atoms with E-state index >= 15 is 0 Å². The predicted molar refractivity (Wildman–Crippen MR) is 130 cm³/mol. The van der Waals surface area contributed by atoms with Gasteiger partial charge in [0.25, 0.3) is 0 Å². The van der Waals surface area contributed by atoms with Crippen LogP contribution in [0.3, 0.4) is 0 Å². The van der Waals surface area contributed by atoms with Crippen molar-refractivity contribution in [2.45, 2.75) is 20.3 Å². The van der Waals surface area contributed by atoms with Crippen molar-refractivity contribution in [3.63, 3.8) is 0 Å². The summed E-state index contributed by atoms with van der Waals surface area (Å²) in [6.07, 6.45) is 8.35. The average molecular weight is 431 g/mol. The summed E-state index contributed by atoms with van der Waals surface area (Å²) in [6.45, 7) is 7.82. The molecular weight excluding hydrogens is 405 g/mol. The third-order valence-electron chi connectivity index (χ3n) is 5.31. The number of nitrogens with one attached hydrogen (secondary N) is 1. The topological polar surface area (TPSA) is 72.7 Å². The van der Waals surface area contributed by atoms with Crippen molar-refractivity contribution in [1.82, 2.24) is 19.5 Å². The quantitative estimate of drug-likeness (QED) is 0.419. The molecule has 4 aromatic rings. The number of benzene rings is 2. The lowest BCUT2D eigenvalue weighted by Crippen LogP contribution is -2.03. The zero-order valence-electron chi connectivity index (χ0n) is 18.2. The van der Waals surface area contributed by atoms with Crippen LogP contribution in [-0.2, 0) is 11.0 Å². The van der Waals surface area contributed by atoms with Crippen LogP contribution in [-0.4, -0.2) is 32.8 Å². The number of imidazole rings is 1. The van der Waals surface area contributed by atoms with E-state index in [1.165, 1.54) is 23.0 Å². The predicted octanol–water partition coefficient (Wildman–Crippen LogP) is 5.32. The van der Waals surface area contributed by atoms with Crippen LogP contribution >= 0.6 is 7.14 Å². The molecule has 2 aromatic carbocycles. The van der Waals surface area contributed by atoms with Gasteiger partial charge >= 0.3 is 0 Å². The maximum Gasteiger partial charge on any atom is 0.169 e. The summed E-state index contributed by atoms with van der Waals surface area (Å²) in [5.74, 6) is 0.631. The Bertz CT molecular complexity index is 1300. The van der Waals surface area contributed by atoms with E-state index < -0.39 is 7.14 Å². The normalized spacial score (nSPS) is 12.0. The maximum atomic E-state index is 12.2. The zero-order chi connectivity index (χ0) is 22.0. The van der Waals surface area contributed by atoms with Crippen LogP contribution in [0, 0.1) is 6.92 Å². The summed E-state index contributed by atoms with van der Waals surface area (Å²) in [5, 5.41) is 4.15. The van der Waals surface area contributed by atoms with Crippen molar-refractivity contribution in [3.8, 4) is 0 Å². The van der Waals surface area contributed by atoms with Gasteiger partial charge in [-0.05, 0) is 73.7 Å². The number of anilines is 2. The molecule has 7 heteroatoms. The molecule has 0 aliphatic rings. The molecule has 0 unspecified atom stereocenters. The molecule has 2 heterocycles. The van der Waals surface area contributed by atoms with Crippen molar-refractivity contribution in [2.75, 3.05) is 18.6 Å². The highest BCUT2D eigenvalue weighted by atomic mass is 31.2. The first-order valence-electron chi connectivity index (χ1n) is 10.2. The highest BCUT2D eigenvalue weighted by Gasteiger charge is 2.12. The fraction of sp³-hybridized carbons (Fsp3) is 0.208. The third-order valence-corrected chi connectivity index (χ3v) is 6.85. The summed E-state index contributed by atoms with van der Waals surface area (Å²) >= 11 is 0. The van der Waals surface area contributed by atoms with Gasteiger partial charge in [-0.3, -0.25) is 4.57 Å². The molecule has 0 amide bonds. The van der Waals surface area contributed by atoms with E-state index in [0.29, 0.717) is 11.3 Å². The SMILES string of the molecule is CCc1cccc(C)c1C=Cn1cnc2c(Nc3ccc(P(C)(C)=O)cc3)ncnc21. The van der Waals surface area contributed by atoms with Gasteiger partial charge in [-0.15, -0.1) is 0 Å². The molecule has 31 heavy (non-hydrogen) atoms. The Balaban J connectivity index is 1.64. The summed E-state index contributed by atoms with van der Waals surface area (Å²) in [5.41, 5.74) is 6.05. The largest absolute Gasteiger partial charge is 0.338 e. The summed E-state index contributed by atoms with van der Waals surface area (Å²) < 4.78 is 14.1. The highest BCUT2D eigenvalue weighted by molar-refractivity contribution is 7.70. The Kier molecular flexibility index (Phi) is 5.75. The maximum absolute atomic E-state index is 12.2. The molecule has 0 atom stereocenters. The number of aromatic nitrogens is 4. The van der Waals surface area contributed by atoms with E-state index in [1.54, 1.807) is 19.7 Å². The molecule has 0 aliphatic heterocycles. The van der Waals surface area contributed by atoms with Crippen molar-refractivity contribution in [2.24, 2.45) is 0 Å². The number of nitrogens with zero attached hydrogens (tertiary/aromatic N) is 4. The van der Waals surface area contributed by atoms with Crippen LogP contribution in [0.5, 0.6) is 0 Å². The van der Waals surface area contributed by atoms with E-state index in [-0.39, 0.29) is 0 Å². The second kappa shape index (κ2) is 8.48. The van der Waals surface area contributed by atoms with Gasteiger partial charge in [-0.25, -0.2) is 15.0 Å². The molecule has 0 fully saturated rings. The zero-order valence-corrected chi connectivity index (χ0v) is 19.1. The fourth-order valence-electron chi connectivity index (χ4n) is 3.54. The van der Waals surface area contributed by atoms with Gasteiger partial charge in [0.05, 0.1) is 0 Å². The monoisotopic (exact) mass is 431 g/mol. The summed E-state index contributed by atoms with van der Waals surface area (Å²) in [7, 11) is -2.28. The molecule has 0 spiro atoms. The smallest absolute Gasteiger partial charge is 0.169 e. The van der Waals surface area contributed by atoms with Gasteiger partial charge in [-0.1, -0.05) is 25.1 Å². The Morgan fingerprint density at radius 3 is 2.55 bits per heavy atom. The molecule has 4 rings (SSSR count).